The second-order valence-electron chi connectivity index (χ2n) is 5.06. The summed E-state index contributed by atoms with van der Waals surface area (Å²) in [4.78, 5) is 16.4. The molecule has 0 spiro atoms. The van der Waals surface area contributed by atoms with Crippen LogP contribution in [0.4, 0.5) is 0 Å². The highest BCUT2D eigenvalue weighted by Gasteiger charge is 2.17. The number of nitrogens with zero attached hydrogens (tertiary/aromatic N) is 5. The van der Waals surface area contributed by atoms with Crippen molar-refractivity contribution in [1.82, 2.24) is 29.7 Å². The molecule has 0 aromatic carbocycles. The molecule has 3 heterocycles. The summed E-state index contributed by atoms with van der Waals surface area (Å²) < 4.78 is 9.23. The van der Waals surface area contributed by atoms with Crippen molar-refractivity contribution in [2.45, 2.75) is 13.5 Å². The summed E-state index contributed by atoms with van der Waals surface area (Å²) in [5.74, 6) is -0.262. The summed E-state index contributed by atoms with van der Waals surface area (Å²) in [7, 11) is 1.58. The van der Waals surface area contributed by atoms with Crippen molar-refractivity contribution >= 4 is 27.5 Å². The van der Waals surface area contributed by atoms with E-state index in [1.807, 2.05) is 23.9 Å². The Balaban J connectivity index is 1.98. The molecule has 0 aliphatic rings. The van der Waals surface area contributed by atoms with Gasteiger partial charge in [-0.3, -0.25) is 9.48 Å². The first kappa shape index (κ1) is 16.6. The van der Waals surface area contributed by atoms with Gasteiger partial charge in [0.25, 0.3) is 5.91 Å². The zero-order valence-electron chi connectivity index (χ0n) is 13.4. The fourth-order valence-electron chi connectivity index (χ4n) is 2.28. The molecule has 0 atom stereocenters. The molecule has 0 radical (unpaired) electrons. The van der Waals surface area contributed by atoms with Crippen LogP contribution in [0.1, 0.15) is 17.4 Å². The second-order valence-corrected chi connectivity index (χ2v) is 5.91. The quantitative estimate of drug-likeness (QED) is 0.645. The summed E-state index contributed by atoms with van der Waals surface area (Å²) in [5, 5.41) is 11.7. The smallest absolute Gasteiger partial charge is 0.271 e. The van der Waals surface area contributed by atoms with Crippen molar-refractivity contribution in [3.05, 3.63) is 34.7 Å². The number of ether oxygens (including phenoxy) is 1. The van der Waals surface area contributed by atoms with E-state index < -0.39 is 0 Å². The zero-order chi connectivity index (χ0) is 17.1. The maximum atomic E-state index is 12.2. The minimum atomic E-state index is -0.262. The van der Waals surface area contributed by atoms with Crippen LogP contribution >= 0.6 is 15.9 Å². The molecule has 0 bridgehead atoms. The molecule has 126 valence electrons. The molecule has 0 saturated carbocycles. The van der Waals surface area contributed by atoms with Gasteiger partial charge in [-0.1, -0.05) is 0 Å². The van der Waals surface area contributed by atoms with Gasteiger partial charge in [-0.25, -0.2) is 9.50 Å². The monoisotopic (exact) mass is 392 g/mol. The van der Waals surface area contributed by atoms with E-state index in [1.165, 1.54) is 0 Å². The van der Waals surface area contributed by atoms with Crippen molar-refractivity contribution in [1.29, 1.82) is 0 Å². The average molecular weight is 393 g/mol. The number of nitrogens with one attached hydrogen (secondary N) is 1. The van der Waals surface area contributed by atoms with Crippen LogP contribution in [0.5, 0.6) is 0 Å². The Bertz CT molecular complexity index is 872. The highest BCUT2D eigenvalue weighted by molar-refractivity contribution is 9.10. The average Bonchev–Trinajstić information content (AvgIpc) is 3.18. The van der Waals surface area contributed by atoms with Gasteiger partial charge in [-0.2, -0.15) is 10.2 Å². The summed E-state index contributed by atoms with van der Waals surface area (Å²) in [6, 6.07) is 3.47. The Morgan fingerprint density at radius 3 is 2.96 bits per heavy atom. The number of aryl methyl sites for hydroxylation is 1. The van der Waals surface area contributed by atoms with E-state index >= 15 is 0 Å². The van der Waals surface area contributed by atoms with E-state index in [4.69, 9.17) is 4.74 Å². The molecule has 3 aromatic rings. The largest absolute Gasteiger partial charge is 0.383 e. The summed E-state index contributed by atoms with van der Waals surface area (Å²) in [6.45, 7) is 3.65. The van der Waals surface area contributed by atoms with Crippen LogP contribution in [0.25, 0.3) is 17.0 Å². The highest BCUT2D eigenvalue weighted by atomic mass is 79.9. The molecule has 3 aromatic heterocycles. The van der Waals surface area contributed by atoms with Crippen LogP contribution in [0.2, 0.25) is 0 Å². The van der Waals surface area contributed by atoms with Crippen LogP contribution in [-0.2, 0) is 11.3 Å². The number of halogens is 1. The number of hydrogen-bond acceptors (Lipinski definition) is 5. The van der Waals surface area contributed by atoms with Crippen LogP contribution in [0.15, 0.2) is 29.0 Å². The van der Waals surface area contributed by atoms with Gasteiger partial charge in [-0.15, -0.1) is 0 Å². The van der Waals surface area contributed by atoms with Gasteiger partial charge in [0.05, 0.1) is 16.8 Å². The van der Waals surface area contributed by atoms with Gasteiger partial charge in [0.1, 0.15) is 5.69 Å². The molecule has 24 heavy (non-hydrogen) atoms. The van der Waals surface area contributed by atoms with Gasteiger partial charge in [0.15, 0.2) is 11.3 Å². The third kappa shape index (κ3) is 3.17. The maximum Gasteiger partial charge on any atom is 0.271 e. The first-order valence-electron chi connectivity index (χ1n) is 7.49. The number of amides is 1. The lowest BCUT2D eigenvalue weighted by molar-refractivity contribution is 0.0932. The number of carbonyl (C=O) groups is 1. The number of aromatic nitrogens is 5. The lowest BCUT2D eigenvalue weighted by atomic mass is 10.3. The van der Waals surface area contributed by atoms with Crippen LogP contribution in [0.3, 0.4) is 0 Å². The van der Waals surface area contributed by atoms with Crippen LogP contribution in [0, 0.1) is 0 Å². The molecule has 3 rings (SSSR count). The molecule has 0 unspecified atom stereocenters. The number of rotatable bonds is 6. The number of methoxy groups -OCH3 is 1. The fourth-order valence-corrected chi connectivity index (χ4v) is 2.79. The zero-order valence-corrected chi connectivity index (χ0v) is 14.9. The standard InChI is InChI=1S/C15H17BrN6O2/c1-3-21-9-10(16)14(20-21)12-4-5-17-13-8-11(19-22(12)13)15(23)18-6-7-24-2/h4-5,8-9H,3,6-7H2,1-2H3,(H,18,23). The van der Waals surface area contributed by atoms with Crippen molar-refractivity contribution in [3.63, 3.8) is 0 Å². The first-order chi connectivity index (χ1) is 11.6. The molecule has 0 aliphatic heterocycles. The number of fused-ring (bicyclic) bond motifs is 1. The lowest BCUT2D eigenvalue weighted by Gasteiger charge is -2.02. The van der Waals surface area contributed by atoms with Crippen molar-refractivity contribution in [2.75, 3.05) is 20.3 Å². The minimum absolute atomic E-state index is 0.262. The van der Waals surface area contributed by atoms with Gasteiger partial charge in [0.2, 0.25) is 0 Å². The minimum Gasteiger partial charge on any atom is -0.383 e. The third-order valence-electron chi connectivity index (χ3n) is 3.47. The van der Waals surface area contributed by atoms with E-state index in [0.717, 1.165) is 22.4 Å². The molecule has 0 saturated heterocycles. The predicted octanol–water partition coefficient (Wildman–Crippen LogP) is 1.75. The Hall–Kier alpha value is -2.26. The van der Waals surface area contributed by atoms with Gasteiger partial charge in [0, 0.05) is 38.7 Å². The van der Waals surface area contributed by atoms with Gasteiger partial charge < -0.3 is 10.1 Å². The Morgan fingerprint density at radius 2 is 2.25 bits per heavy atom. The van der Waals surface area contributed by atoms with Crippen LogP contribution < -0.4 is 5.32 Å². The Morgan fingerprint density at radius 1 is 1.42 bits per heavy atom. The lowest BCUT2D eigenvalue weighted by Crippen LogP contribution is -2.27. The maximum absolute atomic E-state index is 12.2. The van der Waals surface area contributed by atoms with E-state index in [9.17, 15) is 4.79 Å². The van der Waals surface area contributed by atoms with E-state index in [1.54, 1.807) is 23.9 Å². The highest BCUT2D eigenvalue weighted by Crippen LogP contribution is 2.26. The first-order valence-corrected chi connectivity index (χ1v) is 8.28. The third-order valence-corrected chi connectivity index (χ3v) is 4.05. The van der Waals surface area contributed by atoms with Gasteiger partial charge in [-0.05, 0) is 28.9 Å². The van der Waals surface area contributed by atoms with E-state index in [0.29, 0.717) is 24.5 Å². The Labute approximate surface area is 147 Å². The van der Waals surface area contributed by atoms with Gasteiger partial charge >= 0.3 is 0 Å². The molecule has 1 N–H and O–H groups in total. The summed E-state index contributed by atoms with van der Waals surface area (Å²) in [6.07, 6.45) is 3.58. The predicted molar refractivity (Wildman–Crippen MR) is 91.8 cm³/mol. The van der Waals surface area contributed by atoms with Crippen LogP contribution in [-0.4, -0.2) is 50.5 Å². The molecule has 8 nitrogen and oxygen atoms in total. The topological polar surface area (TPSA) is 86.3 Å². The molecular weight excluding hydrogens is 376 g/mol. The number of hydrogen-bond donors (Lipinski definition) is 1. The second kappa shape index (κ2) is 7.10. The van der Waals surface area contributed by atoms with E-state index in [2.05, 4.69) is 36.4 Å². The Kier molecular flexibility index (Phi) is 4.91. The summed E-state index contributed by atoms with van der Waals surface area (Å²) in [5.41, 5.74) is 2.40. The molecule has 0 fully saturated rings. The van der Waals surface area contributed by atoms with Crippen molar-refractivity contribution < 1.29 is 9.53 Å². The van der Waals surface area contributed by atoms with Crippen molar-refractivity contribution in [3.8, 4) is 11.4 Å². The number of carbonyl (C=O) groups excluding carboxylic acids is 1. The summed E-state index contributed by atoms with van der Waals surface area (Å²) >= 11 is 3.52. The molecular formula is C15H17BrN6O2. The molecule has 1 amide bonds. The van der Waals surface area contributed by atoms with Crippen molar-refractivity contribution in [2.24, 2.45) is 0 Å². The molecule has 9 heteroatoms. The van der Waals surface area contributed by atoms with E-state index in [-0.39, 0.29) is 5.91 Å². The normalized spacial score (nSPS) is 11.1. The fraction of sp³-hybridized carbons (Fsp3) is 0.333. The SMILES string of the molecule is CCn1cc(Br)c(-c2ccnc3cc(C(=O)NCCOC)nn23)n1. The molecule has 0 aliphatic carbocycles.